The number of anilines is 1. The molecule has 0 aromatic heterocycles. The maximum absolute atomic E-state index is 14.0. The third-order valence-corrected chi connectivity index (χ3v) is 8.28. The van der Waals surface area contributed by atoms with E-state index in [9.17, 15) is 14.4 Å². The standard InChI is InChI=1S/C33H38N4O5/c1-24-9-12-26(13-10-24)31(39)35-19-16-33(17-20-35)32(40)36(23-37(33)27-7-5-4-6-8-27)22-30(38)34-18-15-25-11-14-28(41-2)29(21-25)42-3/h4-14,21H,15-20,22-23H2,1-3H3,(H,34,38). The van der Waals surface area contributed by atoms with Crippen LogP contribution in [0.5, 0.6) is 11.5 Å². The molecule has 3 aromatic rings. The predicted molar refractivity (Wildman–Crippen MR) is 161 cm³/mol. The monoisotopic (exact) mass is 570 g/mol. The Bertz CT molecular complexity index is 1420. The number of likely N-dealkylation sites (tertiary alicyclic amines) is 1. The number of hydrogen-bond acceptors (Lipinski definition) is 6. The van der Waals surface area contributed by atoms with E-state index in [2.05, 4.69) is 10.2 Å². The van der Waals surface area contributed by atoms with Gasteiger partial charge < -0.3 is 29.5 Å². The first-order chi connectivity index (χ1) is 20.3. The normalized spacial score (nSPS) is 16.1. The van der Waals surface area contributed by atoms with E-state index in [1.165, 1.54) is 0 Å². The number of hydrogen-bond donors (Lipinski definition) is 1. The highest BCUT2D eigenvalue weighted by Crippen LogP contribution is 2.39. The predicted octanol–water partition coefficient (Wildman–Crippen LogP) is 3.65. The van der Waals surface area contributed by atoms with Gasteiger partial charge in [0, 0.05) is 30.9 Å². The van der Waals surface area contributed by atoms with Gasteiger partial charge >= 0.3 is 0 Å². The van der Waals surface area contributed by atoms with Crippen LogP contribution in [0.25, 0.3) is 0 Å². The molecule has 2 heterocycles. The first-order valence-electron chi connectivity index (χ1n) is 14.3. The van der Waals surface area contributed by atoms with Gasteiger partial charge in [0.05, 0.1) is 20.9 Å². The van der Waals surface area contributed by atoms with Crippen LogP contribution in [0.2, 0.25) is 0 Å². The minimum absolute atomic E-state index is 0.0210. The van der Waals surface area contributed by atoms with Crippen molar-refractivity contribution in [2.24, 2.45) is 0 Å². The van der Waals surface area contributed by atoms with Gasteiger partial charge in [0.2, 0.25) is 5.91 Å². The van der Waals surface area contributed by atoms with Gasteiger partial charge in [-0.1, -0.05) is 42.0 Å². The quantitative estimate of drug-likeness (QED) is 0.423. The summed E-state index contributed by atoms with van der Waals surface area (Å²) in [6, 6.07) is 23.1. The SMILES string of the molecule is COc1ccc(CCNC(=O)CN2CN(c3ccccc3)C3(CCN(C(=O)c4ccc(C)cc4)CC3)C2=O)cc1OC. The van der Waals surface area contributed by atoms with Crippen molar-refractivity contribution in [3.8, 4) is 11.5 Å². The first kappa shape index (κ1) is 29.0. The van der Waals surface area contributed by atoms with E-state index >= 15 is 0 Å². The molecule has 0 aliphatic carbocycles. The molecular formula is C33H38N4O5. The number of rotatable bonds is 9. The smallest absolute Gasteiger partial charge is 0.253 e. The molecule has 5 rings (SSSR count). The van der Waals surface area contributed by atoms with Gasteiger partial charge in [-0.3, -0.25) is 14.4 Å². The number of methoxy groups -OCH3 is 2. The Kier molecular flexibility index (Phi) is 8.66. The summed E-state index contributed by atoms with van der Waals surface area (Å²) in [5, 5.41) is 2.96. The zero-order valence-electron chi connectivity index (χ0n) is 24.5. The molecule has 9 heteroatoms. The van der Waals surface area contributed by atoms with Crippen LogP contribution in [0.3, 0.4) is 0 Å². The molecule has 0 saturated carbocycles. The molecule has 3 aromatic carbocycles. The van der Waals surface area contributed by atoms with Gasteiger partial charge in [0.25, 0.3) is 11.8 Å². The summed E-state index contributed by atoms with van der Waals surface area (Å²) in [5.41, 5.74) is 2.89. The number of nitrogens with zero attached hydrogens (tertiary/aromatic N) is 3. The highest BCUT2D eigenvalue weighted by molar-refractivity contribution is 5.97. The number of nitrogens with one attached hydrogen (secondary N) is 1. The number of ether oxygens (including phenoxy) is 2. The number of piperidine rings is 1. The van der Waals surface area contributed by atoms with E-state index in [1.54, 1.807) is 19.1 Å². The fraction of sp³-hybridized carbons (Fsp3) is 0.364. The largest absolute Gasteiger partial charge is 0.493 e. The second-order valence-electron chi connectivity index (χ2n) is 10.9. The van der Waals surface area contributed by atoms with Crippen molar-refractivity contribution in [3.05, 3.63) is 89.5 Å². The van der Waals surface area contributed by atoms with Gasteiger partial charge in [0.15, 0.2) is 11.5 Å². The molecule has 0 atom stereocenters. The highest BCUT2D eigenvalue weighted by atomic mass is 16.5. The molecule has 2 fully saturated rings. The minimum Gasteiger partial charge on any atom is -0.493 e. The Balaban J connectivity index is 1.24. The zero-order chi connectivity index (χ0) is 29.7. The van der Waals surface area contributed by atoms with Crippen molar-refractivity contribution in [2.75, 3.05) is 52.0 Å². The lowest BCUT2D eigenvalue weighted by Crippen LogP contribution is -2.57. The van der Waals surface area contributed by atoms with Crippen LogP contribution in [0.4, 0.5) is 5.69 Å². The summed E-state index contributed by atoms with van der Waals surface area (Å²) < 4.78 is 10.7. The number of carbonyl (C=O) groups is 3. The molecule has 220 valence electrons. The van der Waals surface area contributed by atoms with Crippen LogP contribution >= 0.6 is 0 Å². The second-order valence-corrected chi connectivity index (χ2v) is 10.9. The average Bonchev–Trinajstić information content (AvgIpc) is 3.27. The maximum Gasteiger partial charge on any atom is 0.253 e. The van der Waals surface area contributed by atoms with Crippen LogP contribution in [-0.4, -0.2) is 80.1 Å². The van der Waals surface area contributed by atoms with E-state index < -0.39 is 5.54 Å². The minimum atomic E-state index is -0.800. The lowest BCUT2D eigenvalue weighted by Gasteiger charge is -2.43. The summed E-state index contributed by atoms with van der Waals surface area (Å²) in [7, 11) is 3.18. The van der Waals surface area contributed by atoms with Crippen molar-refractivity contribution in [3.63, 3.8) is 0 Å². The Morgan fingerprint density at radius 1 is 0.905 bits per heavy atom. The molecule has 3 amide bonds. The second kappa shape index (κ2) is 12.5. The third-order valence-electron chi connectivity index (χ3n) is 8.28. The van der Waals surface area contributed by atoms with E-state index in [4.69, 9.17) is 9.47 Å². The van der Waals surface area contributed by atoms with Gasteiger partial charge in [0.1, 0.15) is 12.1 Å². The van der Waals surface area contributed by atoms with Gasteiger partial charge in [-0.2, -0.15) is 0 Å². The number of amides is 3. The zero-order valence-corrected chi connectivity index (χ0v) is 24.5. The fourth-order valence-electron chi connectivity index (χ4n) is 5.89. The Hall–Kier alpha value is -4.53. The van der Waals surface area contributed by atoms with Crippen LogP contribution in [0, 0.1) is 6.92 Å². The molecule has 0 radical (unpaired) electrons. The van der Waals surface area contributed by atoms with Crippen LogP contribution in [0.1, 0.15) is 34.3 Å². The van der Waals surface area contributed by atoms with Crippen LogP contribution in [-0.2, 0) is 16.0 Å². The van der Waals surface area contributed by atoms with E-state index in [0.29, 0.717) is 62.6 Å². The van der Waals surface area contributed by atoms with Crippen molar-refractivity contribution < 1.29 is 23.9 Å². The Labute approximate surface area is 247 Å². The molecule has 2 saturated heterocycles. The lowest BCUT2D eigenvalue weighted by atomic mass is 9.85. The summed E-state index contributed by atoms with van der Waals surface area (Å²) >= 11 is 0. The van der Waals surface area contributed by atoms with Crippen molar-refractivity contribution in [1.82, 2.24) is 15.1 Å². The van der Waals surface area contributed by atoms with E-state index in [-0.39, 0.29) is 24.3 Å². The summed E-state index contributed by atoms with van der Waals surface area (Å²) in [6.07, 6.45) is 1.61. The number of para-hydroxylation sites is 1. The molecular weight excluding hydrogens is 532 g/mol. The fourth-order valence-corrected chi connectivity index (χ4v) is 5.89. The molecule has 2 aliphatic heterocycles. The summed E-state index contributed by atoms with van der Waals surface area (Å²) in [6.45, 7) is 3.65. The number of benzene rings is 3. The molecule has 0 unspecified atom stereocenters. The average molecular weight is 571 g/mol. The Morgan fingerprint density at radius 3 is 2.26 bits per heavy atom. The molecule has 42 heavy (non-hydrogen) atoms. The molecule has 0 bridgehead atoms. The maximum atomic E-state index is 14.0. The third kappa shape index (κ3) is 5.91. The van der Waals surface area contributed by atoms with Crippen molar-refractivity contribution in [2.45, 2.75) is 31.7 Å². The lowest BCUT2D eigenvalue weighted by molar-refractivity contribution is -0.137. The van der Waals surface area contributed by atoms with Crippen molar-refractivity contribution in [1.29, 1.82) is 0 Å². The van der Waals surface area contributed by atoms with Gasteiger partial charge in [-0.05, 0) is 68.1 Å². The molecule has 2 aliphatic rings. The topological polar surface area (TPSA) is 91.4 Å². The number of aryl methyl sites for hydroxylation is 1. The van der Waals surface area contributed by atoms with Gasteiger partial charge in [-0.25, -0.2) is 0 Å². The molecule has 1 spiro atoms. The first-order valence-corrected chi connectivity index (χ1v) is 14.3. The number of carbonyl (C=O) groups excluding carboxylic acids is 3. The van der Waals surface area contributed by atoms with Crippen LogP contribution < -0.4 is 19.7 Å². The van der Waals surface area contributed by atoms with E-state index in [0.717, 1.165) is 16.8 Å². The van der Waals surface area contributed by atoms with Gasteiger partial charge in [-0.15, -0.1) is 0 Å². The molecule has 1 N–H and O–H groups in total. The Morgan fingerprint density at radius 2 is 1.60 bits per heavy atom. The van der Waals surface area contributed by atoms with Crippen LogP contribution in [0.15, 0.2) is 72.8 Å². The van der Waals surface area contributed by atoms with Crippen molar-refractivity contribution >= 4 is 23.4 Å². The van der Waals surface area contributed by atoms with E-state index in [1.807, 2.05) is 84.6 Å². The summed E-state index contributed by atoms with van der Waals surface area (Å²) in [4.78, 5) is 45.7. The molecule has 9 nitrogen and oxygen atoms in total. The highest BCUT2D eigenvalue weighted by Gasteiger charge is 2.54. The summed E-state index contributed by atoms with van der Waals surface area (Å²) in [5.74, 6) is 0.999.